The summed E-state index contributed by atoms with van der Waals surface area (Å²) >= 11 is 0. The first kappa shape index (κ1) is 21.0. The van der Waals surface area contributed by atoms with Crippen LogP contribution in [-0.2, 0) is 20.8 Å². The van der Waals surface area contributed by atoms with Gasteiger partial charge in [0.2, 0.25) is 5.91 Å². The molecule has 0 aromatic heterocycles. The Bertz CT molecular complexity index is 786. The Morgan fingerprint density at radius 2 is 1.70 bits per heavy atom. The molecule has 0 atom stereocenters. The molecular formula is C16H20F3N3O4S. The van der Waals surface area contributed by atoms with Gasteiger partial charge in [-0.3, -0.25) is 4.79 Å². The van der Waals surface area contributed by atoms with E-state index in [4.69, 9.17) is 0 Å². The second-order valence-corrected chi connectivity index (χ2v) is 8.45. The first-order valence-electron chi connectivity index (χ1n) is 8.18. The summed E-state index contributed by atoms with van der Waals surface area (Å²) in [5, 5.41) is 4.05. The predicted molar refractivity (Wildman–Crippen MR) is 92.9 cm³/mol. The second-order valence-electron chi connectivity index (χ2n) is 6.17. The maximum absolute atomic E-state index is 12.5. The largest absolute Gasteiger partial charge is 0.416 e. The van der Waals surface area contributed by atoms with E-state index < -0.39 is 44.5 Å². The molecular weight excluding hydrogens is 387 g/mol. The molecule has 2 N–H and O–H groups in total. The first-order chi connectivity index (χ1) is 12.5. The molecule has 0 aliphatic carbocycles. The molecule has 1 heterocycles. The number of piperidine rings is 1. The van der Waals surface area contributed by atoms with Crippen LogP contribution in [0.5, 0.6) is 0 Å². The monoisotopic (exact) mass is 407 g/mol. The minimum Gasteiger partial charge on any atom is -0.358 e. The molecule has 1 aliphatic heterocycles. The summed E-state index contributed by atoms with van der Waals surface area (Å²) in [5.41, 5.74) is -0.606. The second kappa shape index (κ2) is 8.15. The smallest absolute Gasteiger partial charge is 0.358 e. The van der Waals surface area contributed by atoms with Crippen molar-refractivity contribution >= 4 is 27.5 Å². The van der Waals surface area contributed by atoms with Gasteiger partial charge in [0.05, 0.1) is 10.8 Å². The minimum atomic E-state index is -4.45. The zero-order valence-electron chi connectivity index (χ0n) is 14.5. The van der Waals surface area contributed by atoms with Crippen LogP contribution < -0.4 is 10.6 Å². The summed E-state index contributed by atoms with van der Waals surface area (Å²) < 4.78 is 61.9. The maximum Gasteiger partial charge on any atom is 0.416 e. The average molecular weight is 407 g/mol. The molecule has 7 nitrogen and oxygen atoms in total. The van der Waals surface area contributed by atoms with Crippen molar-refractivity contribution in [2.75, 3.05) is 31.2 Å². The molecule has 11 heteroatoms. The Morgan fingerprint density at radius 3 is 2.19 bits per heavy atom. The average Bonchev–Trinajstić information content (AvgIpc) is 2.61. The number of nitrogens with zero attached hydrogens (tertiary/aromatic N) is 1. The number of carbonyl (C=O) groups is 2. The number of halogens is 3. The molecule has 1 fully saturated rings. The van der Waals surface area contributed by atoms with Crippen LogP contribution in [0.15, 0.2) is 24.3 Å². The highest BCUT2D eigenvalue weighted by Crippen LogP contribution is 2.30. The molecule has 27 heavy (non-hydrogen) atoms. The van der Waals surface area contributed by atoms with Gasteiger partial charge < -0.3 is 15.5 Å². The van der Waals surface area contributed by atoms with E-state index in [0.29, 0.717) is 0 Å². The summed E-state index contributed by atoms with van der Waals surface area (Å²) in [4.78, 5) is 24.9. The van der Waals surface area contributed by atoms with Gasteiger partial charge in [-0.1, -0.05) is 0 Å². The third-order valence-corrected chi connectivity index (χ3v) is 6.46. The van der Waals surface area contributed by atoms with Crippen LogP contribution in [0.1, 0.15) is 18.4 Å². The Hall–Kier alpha value is -2.30. The van der Waals surface area contributed by atoms with E-state index in [1.165, 1.54) is 11.9 Å². The fourth-order valence-corrected chi connectivity index (χ4v) is 4.41. The summed E-state index contributed by atoms with van der Waals surface area (Å²) in [5.74, 6) is -1.18. The number of amides is 3. The van der Waals surface area contributed by atoms with Gasteiger partial charge in [-0.2, -0.15) is 13.2 Å². The Morgan fingerprint density at radius 1 is 1.15 bits per heavy atom. The molecule has 3 amide bonds. The zero-order valence-corrected chi connectivity index (χ0v) is 15.4. The molecule has 0 unspecified atom stereocenters. The van der Waals surface area contributed by atoms with Crippen molar-refractivity contribution in [1.82, 2.24) is 10.2 Å². The van der Waals surface area contributed by atoms with Crippen LogP contribution in [0.4, 0.5) is 23.7 Å². The van der Waals surface area contributed by atoms with Crippen LogP contribution in [0.3, 0.4) is 0 Å². The first-order valence-corrected chi connectivity index (χ1v) is 9.90. The van der Waals surface area contributed by atoms with Gasteiger partial charge in [0.15, 0.2) is 9.84 Å². The van der Waals surface area contributed by atoms with Crippen molar-refractivity contribution in [2.45, 2.75) is 24.3 Å². The van der Waals surface area contributed by atoms with E-state index in [-0.39, 0.29) is 31.6 Å². The number of urea groups is 1. The Kier molecular flexibility index (Phi) is 6.34. The van der Waals surface area contributed by atoms with Gasteiger partial charge >= 0.3 is 12.2 Å². The van der Waals surface area contributed by atoms with Gasteiger partial charge in [-0.05, 0) is 37.1 Å². The molecule has 150 valence electrons. The standard InChI is InChI=1S/C16H20F3N3O4S/c1-20-14(23)10-27(25,26)13-6-8-22(9-7-13)15(24)21-12-4-2-11(3-5-12)16(17,18)19/h2-5,13H,6-10H2,1H3,(H,20,23)(H,21,24). The number of nitrogens with one attached hydrogen (secondary N) is 2. The molecule has 1 aromatic rings. The molecule has 0 spiro atoms. The van der Waals surface area contributed by atoms with Gasteiger partial charge in [0.1, 0.15) is 5.75 Å². The van der Waals surface area contributed by atoms with Crippen molar-refractivity contribution in [3.05, 3.63) is 29.8 Å². The zero-order chi connectivity index (χ0) is 20.2. The number of hydrogen-bond donors (Lipinski definition) is 2. The lowest BCUT2D eigenvalue weighted by Crippen LogP contribution is -2.45. The fraction of sp³-hybridized carbons (Fsp3) is 0.500. The Labute approximate surface area is 154 Å². The lowest BCUT2D eigenvalue weighted by molar-refractivity contribution is -0.137. The number of rotatable bonds is 4. The molecule has 0 bridgehead atoms. The third-order valence-electron chi connectivity index (χ3n) is 4.31. The van der Waals surface area contributed by atoms with Crippen molar-refractivity contribution < 1.29 is 31.2 Å². The van der Waals surface area contributed by atoms with Gasteiger partial charge in [-0.25, -0.2) is 13.2 Å². The van der Waals surface area contributed by atoms with Crippen LogP contribution in [-0.4, -0.2) is 56.4 Å². The highest BCUT2D eigenvalue weighted by molar-refractivity contribution is 7.92. The number of alkyl halides is 3. The Balaban J connectivity index is 1.90. The van der Waals surface area contributed by atoms with Crippen molar-refractivity contribution in [3.63, 3.8) is 0 Å². The number of hydrogen-bond acceptors (Lipinski definition) is 4. The van der Waals surface area contributed by atoms with Gasteiger partial charge in [-0.15, -0.1) is 0 Å². The molecule has 1 aliphatic rings. The van der Waals surface area contributed by atoms with E-state index in [0.717, 1.165) is 24.3 Å². The summed E-state index contributed by atoms with van der Waals surface area (Å²) in [6.07, 6.45) is -4.07. The van der Waals surface area contributed by atoms with E-state index in [1.54, 1.807) is 0 Å². The number of likely N-dealkylation sites (tertiary alicyclic amines) is 1. The molecule has 0 radical (unpaired) electrons. The summed E-state index contributed by atoms with van der Waals surface area (Å²) in [6.45, 7) is 0.341. The van der Waals surface area contributed by atoms with Crippen molar-refractivity contribution in [2.24, 2.45) is 0 Å². The normalized spacial score (nSPS) is 16.1. The minimum absolute atomic E-state index is 0.171. The van der Waals surface area contributed by atoms with E-state index in [2.05, 4.69) is 10.6 Å². The van der Waals surface area contributed by atoms with Crippen LogP contribution in [0.2, 0.25) is 0 Å². The van der Waals surface area contributed by atoms with Crippen LogP contribution >= 0.6 is 0 Å². The predicted octanol–water partition coefficient (Wildman–Crippen LogP) is 1.86. The SMILES string of the molecule is CNC(=O)CS(=O)(=O)C1CCN(C(=O)Nc2ccc(C(F)(F)F)cc2)CC1. The van der Waals surface area contributed by atoms with E-state index in [9.17, 15) is 31.2 Å². The molecule has 2 rings (SSSR count). The highest BCUT2D eigenvalue weighted by atomic mass is 32.2. The maximum atomic E-state index is 12.5. The molecule has 1 aromatic carbocycles. The number of benzene rings is 1. The van der Waals surface area contributed by atoms with Crippen LogP contribution in [0, 0.1) is 0 Å². The van der Waals surface area contributed by atoms with E-state index >= 15 is 0 Å². The number of carbonyl (C=O) groups excluding carboxylic acids is 2. The lowest BCUT2D eigenvalue weighted by Gasteiger charge is -2.31. The quantitative estimate of drug-likeness (QED) is 0.797. The fourth-order valence-electron chi connectivity index (χ4n) is 2.74. The third kappa shape index (κ3) is 5.59. The highest BCUT2D eigenvalue weighted by Gasteiger charge is 2.33. The summed E-state index contributed by atoms with van der Waals surface area (Å²) in [6, 6.07) is 3.53. The lowest BCUT2D eigenvalue weighted by atomic mass is 10.1. The number of anilines is 1. The van der Waals surface area contributed by atoms with Gasteiger partial charge in [0.25, 0.3) is 0 Å². The molecule has 0 saturated carbocycles. The van der Waals surface area contributed by atoms with Crippen LogP contribution in [0.25, 0.3) is 0 Å². The number of sulfone groups is 1. The van der Waals surface area contributed by atoms with Crippen molar-refractivity contribution in [1.29, 1.82) is 0 Å². The topological polar surface area (TPSA) is 95.6 Å². The van der Waals surface area contributed by atoms with Gasteiger partial charge in [0, 0.05) is 25.8 Å². The van der Waals surface area contributed by atoms with Crippen molar-refractivity contribution in [3.8, 4) is 0 Å². The summed E-state index contributed by atoms with van der Waals surface area (Å²) in [7, 11) is -2.25. The molecule has 1 saturated heterocycles. The van der Waals surface area contributed by atoms with E-state index in [1.807, 2.05) is 0 Å².